The summed E-state index contributed by atoms with van der Waals surface area (Å²) in [5, 5.41) is 15.3. The number of amides is 1. The molecule has 2 aromatic rings. The number of benzene rings is 2. The minimum Gasteiger partial charge on any atom is -0.489 e. The molecule has 0 saturated carbocycles. The normalized spacial score (nSPS) is 19.9. The molecule has 3 rings (SSSR count). The molecule has 1 fully saturated rings. The number of carbonyl (C=O) groups is 1. The van der Waals surface area contributed by atoms with Gasteiger partial charge in [-0.2, -0.15) is 0 Å². The van der Waals surface area contributed by atoms with E-state index in [0.717, 1.165) is 16.9 Å². The molecule has 0 bridgehead atoms. The smallest absolute Gasteiger partial charge is 0.237 e. The molecule has 2 atom stereocenters. The molecule has 2 unspecified atom stereocenters. The van der Waals surface area contributed by atoms with Crippen molar-refractivity contribution in [2.24, 2.45) is 0 Å². The Morgan fingerprint density at radius 1 is 1.12 bits per heavy atom. The number of hydrogen-bond donors (Lipinski definition) is 3. The number of hydrogen-bond acceptors (Lipinski definition) is 4. The second kappa shape index (κ2) is 7.95. The molecule has 5 nitrogen and oxygen atoms in total. The molecule has 0 spiro atoms. The third kappa shape index (κ3) is 4.57. The minimum absolute atomic E-state index is 0.0666. The maximum atomic E-state index is 12.0. The fraction of sp³-hybridized carbons (Fsp3) is 0.316. The Hall–Kier alpha value is -2.37. The molecule has 0 radical (unpaired) electrons. The van der Waals surface area contributed by atoms with Gasteiger partial charge < -0.3 is 20.5 Å². The summed E-state index contributed by atoms with van der Waals surface area (Å²) in [5.41, 5.74) is 2.11. The number of carbonyl (C=O) groups excluding carboxylic acids is 1. The number of aliphatic hydroxyl groups excluding tert-OH is 1. The van der Waals surface area contributed by atoms with E-state index in [2.05, 4.69) is 10.6 Å². The number of ether oxygens (including phenoxy) is 1. The summed E-state index contributed by atoms with van der Waals surface area (Å²) in [4.78, 5) is 12.0. The molecular weight excluding hydrogens is 304 g/mol. The Labute approximate surface area is 141 Å². The minimum atomic E-state index is -0.426. The van der Waals surface area contributed by atoms with Crippen molar-refractivity contribution in [3.8, 4) is 5.75 Å². The standard InChI is InChI=1S/C19H22N2O3/c22-16-10-18(20-12-16)19(23)21-11-14-6-8-15(9-7-14)13-24-17-4-2-1-3-5-17/h1-9,16,18,20,22H,10-13H2,(H,21,23). The fourth-order valence-electron chi connectivity index (χ4n) is 2.67. The number of aliphatic hydroxyl groups is 1. The lowest BCUT2D eigenvalue weighted by atomic mass is 10.1. The van der Waals surface area contributed by atoms with E-state index >= 15 is 0 Å². The summed E-state index contributed by atoms with van der Waals surface area (Å²) in [7, 11) is 0. The zero-order valence-electron chi connectivity index (χ0n) is 13.4. The topological polar surface area (TPSA) is 70.6 Å². The van der Waals surface area contributed by atoms with E-state index in [1.807, 2.05) is 54.6 Å². The number of para-hydroxylation sites is 1. The van der Waals surface area contributed by atoms with E-state index in [4.69, 9.17) is 4.74 Å². The molecule has 1 aliphatic rings. The first-order valence-electron chi connectivity index (χ1n) is 8.15. The molecule has 1 heterocycles. The Bertz CT molecular complexity index is 658. The van der Waals surface area contributed by atoms with Crippen molar-refractivity contribution in [3.63, 3.8) is 0 Å². The van der Waals surface area contributed by atoms with Gasteiger partial charge in [-0.05, 0) is 29.7 Å². The van der Waals surface area contributed by atoms with Crippen molar-refractivity contribution in [3.05, 3.63) is 65.7 Å². The summed E-state index contributed by atoms with van der Waals surface area (Å²) in [6.07, 6.45) is 0.0476. The summed E-state index contributed by atoms with van der Waals surface area (Å²) in [5.74, 6) is 0.781. The second-order valence-corrected chi connectivity index (χ2v) is 5.99. The molecule has 0 aromatic heterocycles. The van der Waals surface area contributed by atoms with E-state index in [1.54, 1.807) is 0 Å². The molecule has 1 amide bonds. The van der Waals surface area contributed by atoms with E-state index in [1.165, 1.54) is 0 Å². The van der Waals surface area contributed by atoms with Crippen molar-refractivity contribution in [2.75, 3.05) is 6.54 Å². The van der Waals surface area contributed by atoms with Crippen LogP contribution >= 0.6 is 0 Å². The van der Waals surface area contributed by atoms with Gasteiger partial charge in [-0.15, -0.1) is 0 Å². The lowest BCUT2D eigenvalue weighted by Gasteiger charge is -2.11. The van der Waals surface area contributed by atoms with Gasteiger partial charge in [0.25, 0.3) is 0 Å². The maximum absolute atomic E-state index is 12.0. The second-order valence-electron chi connectivity index (χ2n) is 5.99. The summed E-state index contributed by atoms with van der Waals surface area (Å²) in [6, 6.07) is 17.4. The van der Waals surface area contributed by atoms with Gasteiger partial charge in [-0.3, -0.25) is 4.79 Å². The van der Waals surface area contributed by atoms with Crippen LogP contribution < -0.4 is 15.4 Å². The van der Waals surface area contributed by atoms with Gasteiger partial charge in [0.05, 0.1) is 12.1 Å². The molecule has 5 heteroatoms. The molecule has 1 saturated heterocycles. The van der Waals surface area contributed by atoms with Gasteiger partial charge in [-0.1, -0.05) is 42.5 Å². The van der Waals surface area contributed by atoms with Gasteiger partial charge in [0, 0.05) is 13.1 Å². The third-order valence-electron chi connectivity index (χ3n) is 4.06. The zero-order chi connectivity index (χ0) is 16.8. The fourth-order valence-corrected chi connectivity index (χ4v) is 2.67. The van der Waals surface area contributed by atoms with Crippen LogP contribution in [-0.4, -0.2) is 29.7 Å². The largest absolute Gasteiger partial charge is 0.489 e. The number of nitrogens with one attached hydrogen (secondary N) is 2. The summed E-state index contributed by atoms with van der Waals surface area (Å²) >= 11 is 0. The highest BCUT2D eigenvalue weighted by molar-refractivity contribution is 5.82. The summed E-state index contributed by atoms with van der Waals surface area (Å²) in [6.45, 7) is 1.47. The highest BCUT2D eigenvalue weighted by Crippen LogP contribution is 2.12. The van der Waals surface area contributed by atoms with E-state index in [9.17, 15) is 9.90 Å². The van der Waals surface area contributed by atoms with Crippen molar-refractivity contribution in [1.29, 1.82) is 0 Å². The van der Waals surface area contributed by atoms with Crippen molar-refractivity contribution < 1.29 is 14.6 Å². The molecule has 126 valence electrons. The first kappa shape index (κ1) is 16.5. The highest BCUT2D eigenvalue weighted by atomic mass is 16.5. The van der Waals surface area contributed by atoms with Crippen LogP contribution in [0.4, 0.5) is 0 Å². The van der Waals surface area contributed by atoms with Gasteiger partial charge in [0.1, 0.15) is 12.4 Å². The van der Waals surface area contributed by atoms with Crippen molar-refractivity contribution >= 4 is 5.91 Å². The molecule has 1 aliphatic heterocycles. The third-order valence-corrected chi connectivity index (χ3v) is 4.06. The van der Waals surface area contributed by atoms with Gasteiger partial charge in [-0.25, -0.2) is 0 Å². The zero-order valence-corrected chi connectivity index (χ0v) is 13.4. The van der Waals surface area contributed by atoms with Crippen LogP contribution in [0, 0.1) is 0 Å². The van der Waals surface area contributed by atoms with E-state index < -0.39 is 6.10 Å². The Balaban J connectivity index is 1.45. The van der Waals surface area contributed by atoms with Gasteiger partial charge in [0.15, 0.2) is 0 Å². The molecule has 3 N–H and O–H groups in total. The predicted molar refractivity (Wildman–Crippen MR) is 91.5 cm³/mol. The van der Waals surface area contributed by atoms with Crippen LogP contribution in [0.2, 0.25) is 0 Å². The molecule has 2 aromatic carbocycles. The first-order valence-corrected chi connectivity index (χ1v) is 8.15. The maximum Gasteiger partial charge on any atom is 0.237 e. The number of rotatable bonds is 6. The van der Waals surface area contributed by atoms with Crippen LogP contribution in [0.5, 0.6) is 5.75 Å². The SMILES string of the molecule is O=C(NCc1ccc(COc2ccccc2)cc1)C1CC(O)CN1. The monoisotopic (exact) mass is 326 g/mol. The Morgan fingerprint density at radius 3 is 2.50 bits per heavy atom. The van der Waals surface area contributed by atoms with E-state index in [-0.39, 0.29) is 11.9 Å². The van der Waals surface area contributed by atoms with Gasteiger partial charge in [0.2, 0.25) is 5.91 Å². The Kier molecular flexibility index (Phi) is 5.46. The van der Waals surface area contributed by atoms with Gasteiger partial charge >= 0.3 is 0 Å². The average molecular weight is 326 g/mol. The molecular formula is C19H22N2O3. The average Bonchev–Trinajstić information content (AvgIpc) is 3.06. The predicted octanol–water partition coefficient (Wildman–Crippen LogP) is 1.60. The van der Waals surface area contributed by atoms with E-state index in [0.29, 0.717) is 26.1 Å². The first-order chi connectivity index (χ1) is 11.7. The quantitative estimate of drug-likeness (QED) is 0.754. The highest BCUT2D eigenvalue weighted by Gasteiger charge is 2.27. The van der Waals surface area contributed by atoms with Crippen molar-refractivity contribution in [2.45, 2.75) is 31.7 Å². The Morgan fingerprint density at radius 2 is 1.83 bits per heavy atom. The lowest BCUT2D eigenvalue weighted by Crippen LogP contribution is -2.39. The summed E-state index contributed by atoms with van der Waals surface area (Å²) < 4.78 is 5.71. The van der Waals surface area contributed by atoms with Crippen molar-refractivity contribution in [1.82, 2.24) is 10.6 Å². The van der Waals surface area contributed by atoms with Crippen LogP contribution in [0.15, 0.2) is 54.6 Å². The number of β-amino-alcohol motifs (C(OH)–C–C–N with tert-alkyl or cyclic N) is 1. The van der Waals surface area contributed by atoms with Crippen LogP contribution in [-0.2, 0) is 17.9 Å². The van der Waals surface area contributed by atoms with Crippen LogP contribution in [0.25, 0.3) is 0 Å². The molecule has 0 aliphatic carbocycles. The van der Waals surface area contributed by atoms with Crippen LogP contribution in [0.3, 0.4) is 0 Å². The lowest BCUT2D eigenvalue weighted by molar-refractivity contribution is -0.123. The van der Waals surface area contributed by atoms with Crippen LogP contribution in [0.1, 0.15) is 17.5 Å². The molecule has 24 heavy (non-hydrogen) atoms.